The zero-order valence-electron chi connectivity index (χ0n) is 11.9. The summed E-state index contributed by atoms with van der Waals surface area (Å²) in [6.07, 6.45) is 3.30. The summed E-state index contributed by atoms with van der Waals surface area (Å²) in [6, 6.07) is 10.3. The summed E-state index contributed by atoms with van der Waals surface area (Å²) in [5.74, 6) is 0.532. The van der Waals surface area contributed by atoms with E-state index in [1.807, 2.05) is 18.2 Å². The van der Waals surface area contributed by atoms with Gasteiger partial charge in [0.2, 0.25) is 0 Å². The lowest BCUT2D eigenvalue weighted by molar-refractivity contribution is 0.253. The molecule has 22 heavy (non-hydrogen) atoms. The normalized spacial score (nSPS) is 9.86. The summed E-state index contributed by atoms with van der Waals surface area (Å²) in [5.41, 5.74) is 1.39. The van der Waals surface area contributed by atoms with E-state index >= 15 is 0 Å². The van der Waals surface area contributed by atoms with Gasteiger partial charge in [0.15, 0.2) is 0 Å². The van der Waals surface area contributed by atoms with Crippen molar-refractivity contribution in [3.8, 4) is 5.75 Å². The highest BCUT2D eigenvalue weighted by Crippen LogP contribution is 2.28. The summed E-state index contributed by atoms with van der Waals surface area (Å²) >= 11 is 6.15. The van der Waals surface area contributed by atoms with Crippen molar-refractivity contribution in [2.24, 2.45) is 0 Å². The molecule has 0 spiro atoms. The number of hydrogen-bond acceptors (Lipinski definition) is 3. The van der Waals surface area contributed by atoms with Crippen LogP contribution >= 0.6 is 11.6 Å². The van der Waals surface area contributed by atoms with Gasteiger partial charge in [-0.1, -0.05) is 23.7 Å². The van der Waals surface area contributed by atoms with Gasteiger partial charge in [-0.25, -0.2) is 4.79 Å². The number of carbonyl (C=O) groups is 1. The van der Waals surface area contributed by atoms with Crippen molar-refractivity contribution in [2.75, 3.05) is 11.9 Å². The Labute approximate surface area is 134 Å². The number of hydrogen-bond donors (Lipinski definition) is 2. The third-order valence-corrected chi connectivity index (χ3v) is 2.99. The molecule has 2 rings (SSSR count). The smallest absolute Gasteiger partial charge is 0.319 e. The van der Waals surface area contributed by atoms with Crippen LogP contribution in [-0.2, 0) is 6.61 Å². The zero-order chi connectivity index (χ0) is 15.8. The molecule has 2 N–H and O–H groups in total. The quantitative estimate of drug-likeness (QED) is 0.800. The van der Waals surface area contributed by atoms with E-state index in [9.17, 15) is 4.79 Å². The number of ether oxygens (including phenoxy) is 1. The van der Waals surface area contributed by atoms with Crippen LogP contribution in [0, 0.1) is 0 Å². The molecule has 1 aromatic heterocycles. The lowest BCUT2D eigenvalue weighted by Gasteiger charge is -2.10. The van der Waals surface area contributed by atoms with Gasteiger partial charge < -0.3 is 15.4 Å². The molecule has 0 aliphatic heterocycles. The molecule has 0 saturated carbocycles. The van der Waals surface area contributed by atoms with Crippen molar-refractivity contribution >= 4 is 23.3 Å². The molecule has 114 valence electrons. The molecular weight excluding hydrogens is 302 g/mol. The van der Waals surface area contributed by atoms with Gasteiger partial charge in [-0.15, -0.1) is 6.58 Å². The van der Waals surface area contributed by atoms with Crippen LogP contribution in [0.2, 0.25) is 5.02 Å². The van der Waals surface area contributed by atoms with Crippen LogP contribution in [0.15, 0.2) is 55.3 Å². The minimum absolute atomic E-state index is 0.321. The van der Waals surface area contributed by atoms with E-state index in [0.717, 1.165) is 5.69 Å². The number of rotatable bonds is 6. The first-order valence-corrected chi connectivity index (χ1v) is 7.05. The van der Waals surface area contributed by atoms with E-state index in [4.69, 9.17) is 16.3 Å². The van der Waals surface area contributed by atoms with Gasteiger partial charge in [0, 0.05) is 18.4 Å². The molecule has 0 saturated heterocycles. The number of pyridine rings is 1. The van der Waals surface area contributed by atoms with Crippen LogP contribution in [-0.4, -0.2) is 17.6 Å². The molecule has 0 fully saturated rings. The van der Waals surface area contributed by atoms with E-state index in [-0.39, 0.29) is 6.03 Å². The second-order valence-electron chi connectivity index (χ2n) is 4.38. The maximum Gasteiger partial charge on any atom is 0.319 e. The number of anilines is 1. The van der Waals surface area contributed by atoms with Crippen LogP contribution in [0.4, 0.5) is 10.5 Å². The van der Waals surface area contributed by atoms with Gasteiger partial charge in [0.25, 0.3) is 0 Å². The van der Waals surface area contributed by atoms with Crippen LogP contribution in [0.5, 0.6) is 5.75 Å². The number of benzene rings is 1. The van der Waals surface area contributed by atoms with E-state index in [0.29, 0.717) is 29.6 Å². The van der Waals surface area contributed by atoms with E-state index in [2.05, 4.69) is 22.2 Å². The Balaban J connectivity index is 1.94. The average molecular weight is 318 g/mol. The molecule has 1 aromatic carbocycles. The summed E-state index contributed by atoms with van der Waals surface area (Å²) in [6.45, 7) is 4.25. The van der Waals surface area contributed by atoms with E-state index < -0.39 is 0 Å². The summed E-state index contributed by atoms with van der Waals surface area (Å²) in [7, 11) is 0. The lowest BCUT2D eigenvalue weighted by Crippen LogP contribution is -2.28. The lowest BCUT2D eigenvalue weighted by atomic mass is 10.3. The van der Waals surface area contributed by atoms with Gasteiger partial charge in [-0.05, 0) is 30.3 Å². The fourth-order valence-electron chi connectivity index (χ4n) is 1.67. The van der Waals surface area contributed by atoms with E-state index in [1.165, 1.54) is 0 Å². The third kappa shape index (κ3) is 4.79. The number of amides is 2. The number of halogens is 1. The largest absolute Gasteiger partial charge is 0.486 e. The minimum atomic E-state index is -0.321. The van der Waals surface area contributed by atoms with Gasteiger partial charge in [-0.3, -0.25) is 4.98 Å². The molecular formula is C16H16ClN3O2. The summed E-state index contributed by atoms with van der Waals surface area (Å²) in [5, 5.41) is 5.69. The molecule has 0 bridgehead atoms. The Hall–Kier alpha value is -2.53. The Bertz CT molecular complexity index is 647. The molecule has 1 heterocycles. The van der Waals surface area contributed by atoms with Crippen molar-refractivity contribution < 1.29 is 9.53 Å². The number of carbonyl (C=O) groups excluding carboxylic acids is 1. The number of urea groups is 1. The maximum atomic E-state index is 11.5. The highest BCUT2D eigenvalue weighted by atomic mass is 35.5. The van der Waals surface area contributed by atoms with Crippen molar-refractivity contribution in [1.82, 2.24) is 10.3 Å². The Morgan fingerprint density at radius 3 is 2.91 bits per heavy atom. The minimum Gasteiger partial charge on any atom is -0.486 e. The molecule has 6 heteroatoms. The predicted molar refractivity (Wildman–Crippen MR) is 87.2 cm³/mol. The fraction of sp³-hybridized carbons (Fsp3) is 0.125. The SMILES string of the molecule is C=CCNC(=O)Nc1ccc(OCc2ccccn2)c(Cl)c1. The number of nitrogens with zero attached hydrogens (tertiary/aromatic N) is 1. The monoisotopic (exact) mass is 317 g/mol. The van der Waals surface area contributed by atoms with Crippen LogP contribution in [0.3, 0.4) is 0 Å². The van der Waals surface area contributed by atoms with Crippen LogP contribution in [0.25, 0.3) is 0 Å². The Morgan fingerprint density at radius 1 is 1.36 bits per heavy atom. The van der Waals surface area contributed by atoms with Gasteiger partial charge in [0.05, 0.1) is 10.7 Å². The molecule has 5 nitrogen and oxygen atoms in total. The molecule has 2 amide bonds. The second-order valence-corrected chi connectivity index (χ2v) is 4.79. The maximum absolute atomic E-state index is 11.5. The van der Waals surface area contributed by atoms with Gasteiger partial charge in [0.1, 0.15) is 12.4 Å². The molecule has 2 aromatic rings. The first-order valence-electron chi connectivity index (χ1n) is 6.67. The first-order chi connectivity index (χ1) is 10.7. The summed E-state index contributed by atoms with van der Waals surface area (Å²) in [4.78, 5) is 15.7. The Kier molecular flexibility index (Phi) is 5.80. The predicted octanol–water partition coefficient (Wildman–Crippen LogP) is 3.62. The first kappa shape index (κ1) is 15.9. The topological polar surface area (TPSA) is 63.2 Å². The van der Waals surface area contributed by atoms with E-state index in [1.54, 1.807) is 30.5 Å². The molecule has 0 unspecified atom stereocenters. The van der Waals surface area contributed by atoms with Crippen LogP contribution in [0.1, 0.15) is 5.69 Å². The molecule has 0 radical (unpaired) electrons. The van der Waals surface area contributed by atoms with Gasteiger partial charge >= 0.3 is 6.03 Å². The van der Waals surface area contributed by atoms with Crippen molar-refractivity contribution in [1.29, 1.82) is 0 Å². The second kappa shape index (κ2) is 8.05. The highest BCUT2D eigenvalue weighted by molar-refractivity contribution is 6.32. The fourth-order valence-corrected chi connectivity index (χ4v) is 1.91. The summed E-state index contributed by atoms with van der Waals surface area (Å²) < 4.78 is 5.61. The number of aromatic nitrogens is 1. The van der Waals surface area contributed by atoms with Crippen molar-refractivity contribution in [3.63, 3.8) is 0 Å². The number of nitrogens with one attached hydrogen (secondary N) is 2. The average Bonchev–Trinajstić information content (AvgIpc) is 2.53. The van der Waals surface area contributed by atoms with Gasteiger partial charge in [-0.2, -0.15) is 0 Å². The molecule has 0 aliphatic carbocycles. The van der Waals surface area contributed by atoms with Crippen molar-refractivity contribution in [3.05, 3.63) is 66.0 Å². The molecule has 0 aliphatic rings. The van der Waals surface area contributed by atoms with Crippen LogP contribution < -0.4 is 15.4 Å². The third-order valence-electron chi connectivity index (χ3n) is 2.70. The standard InChI is InChI=1S/C16H16ClN3O2/c1-2-8-19-16(21)20-12-6-7-15(14(17)10-12)22-11-13-5-3-4-9-18-13/h2-7,9-10H,1,8,11H2,(H2,19,20,21). The highest BCUT2D eigenvalue weighted by Gasteiger charge is 2.06. The Morgan fingerprint density at radius 2 is 2.23 bits per heavy atom. The van der Waals surface area contributed by atoms with Crippen molar-refractivity contribution in [2.45, 2.75) is 6.61 Å². The zero-order valence-corrected chi connectivity index (χ0v) is 12.6. The molecule has 0 atom stereocenters.